The van der Waals surface area contributed by atoms with Crippen molar-refractivity contribution in [1.82, 2.24) is 14.9 Å². The minimum atomic E-state index is -0.383. The van der Waals surface area contributed by atoms with Gasteiger partial charge in [-0.2, -0.15) is 4.98 Å². The van der Waals surface area contributed by atoms with E-state index in [0.717, 1.165) is 11.5 Å². The second-order valence-electron chi connectivity index (χ2n) is 6.11. The lowest BCUT2D eigenvalue weighted by Gasteiger charge is -2.34. The van der Waals surface area contributed by atoms with Gasteiger partial charge in [-0.25, -0.2) is 14.6 Å². The van der Waals surface area contributed by atoms with Crippen molar-refractivity contribution in [2.24, 2.45) is 0 Å². The van der Waals surface area contributed by atoms with Gasteiger partial charge in [0.1, 0.15) is 5.82 Å². The first-order valence-corrected chi connectivity index (χ1v) is 9.06. The Kier molecular flexibility index (Phi) is 6.25. The molecule has 1 aliphatic heterocycles. The third-order valence-electron chi connectivity index (χ3n) is 4.33. The smallest absolute Gasteiger partial charge is 0.409 e. The van der Waals surface area contributed by atoms with Gasteiger partial charge in [-0.1, -0.05) is 0 Å². The van der Waals surface area contributed by atoms with Crippen LogP contribution in [0.3, 0.4) is 0 Å². The van der Waals surface area contributed by atoms with Gasteiger partial charge in [0.15, 0.2) is 0 Å². The van der Waals surface area contributed by atoms with Crippen LogP contribution in [0.25, 0.3) is 0 Å². The van der Waals surface area contributed by atoms with Gasteiger partial charge in [-0.15, -0.1) is 0 Å². The monoisotopic (exact) mass is 385 g/mol. The molecular weight excluding hydrogens is 362 g/mol. The molecule has 0 aliphatic carbocycles. The van der Waals surface area contributed by atoms with Crippen molar-refractivity contribution in [1.29, 1.82) is 0 Å². The number of aromatic nitrogens is 2. The quantitative estimate of drug-likeness (QED) is 0.783. The van der Waals surface area contributed by atoms with Crippen molar-refractivity contribution < 1.29 is 19.1 Å². The number of benzene rings is 1. The van der Waals surface area contributed by atoms with Crippen molar-refractivity contribution in [3.8, 4) is 0 Å². The zero-order valence-electron chi connectivity index (χ0n) is 15.9. The molecule has 1 aromatic heterocycles. The number of anilines is 3. The molecule has 0 spiro atoms. The highest BCUT2D eigenvalue weighted by Gasteiger charge is 2.22. The van der Waals surface area contributed by atoms with E-state index < -0.39 is 0 Å². The molecule has 2 aromatic rings. The summed E-state index contributed by atoms with van der Waals surface area (Å²) in [7, 11) is 1.35. The van der Waals surface area contributed by atoms with Crippen molar-refractivity contribution in [2.45, 2.75) is 6.92 Å². The molecule has 0 unspecified atom stereocenters. The Morgan fingerprint density at radius 2 is 1.82 bits per heavy atom. The van der Waals surface area contributed by atoms with Gasteiger partial charge in [-0.3, -0.25) is 0 Å². The molecule has 0 atom stereocenters. The number of nitrogens with one attached hydrogen (secondary N) is 1. The van der Waals surface area contributed by atoms with Crippen LogP contribution in [-0.2, 0) is 9.47 Å². The number of hydrogen-bond acceptors (Lipinski definition) is 8. The standard InChI is InChI=1S/C19H23N5O4/c1-3-28-19(26)24-12-10-23(11-13-24)16-8-9-20-18(22-16)21-15-6-4-14(5-7-15)17(25)27-2/h4-9H,3,10-13H2,1-2H3,(H,20,21,22). The Bertz CT molecular complexity index is 819. The van der Waals surface area contributed by atoms with Gasteiger partial charge < -0.3 is 24.6 Å². The second-order valence-corrected chi connectivity index (χ2v) is 6.11. The summed E-state index contributed by atoms with van der Waals surface area (Å²) in [5, 5.41) is 3.13. The van der Waals surface area contributed by atoms with Crippen LogP contribution in [0.1, 0.15) is 17.3 Å². The summed E-state index contributed by atoms with van der Waals surface area (Å²) in [5.74, 6) is 0.857. The predicted octanol–water partition coefficient (Wildman–Crippen LogP) is 2.29. The molecule has 0 radical (unpaired) electrons. The zero-order chi connectivity index (χ0) is 19.9. The Morgan fingerprint density at radius 1 is 1.11 bits per heavy atom. The number of carbonyl (C=O) groups is 2. The van der Waals surface area contributed by atoms with E-state index in [4.69, 9.17) is 9.47 Å². The van der Waals surface area contributed by atoms with Gasteiger partial charge in [0.25, 0.3) is 0 Å². The Labute approximate surface area is 163 Å². The van der Waals surface area contributed by atoms with Gasteiger partial charge in [0.05, 0.1) is 19.3 Å². The molecule has 3 rings (SSSR count). The highest BCUT2D eigenvalue weighted by Crippen LogP contribution is 2.18. The molecule has 28 heavy (non-hydrogen) atoms. The zero-order valence-corrected chi connectivity index (χ0v) is 15.9. The van der Waals surface area contributed by atoms with Crippen LogP contribution >= 0.6 is 0 Å². The number of amides is 1. The Hall–Kier alpha value is -3.36. The van der Waals surface area contributed by atoms with Crippen LogP contribution in [0.2, 0.25) is 0 Å². The summed E-state index contributed by atoms with van der Waals surface area (Å²) in [5.41, 5.74) is 1.24. The number of rotatable bonds is 5. The summed E-state index contributed by atoms with van der Waals surface area (Å²) < 4.78 is 9.73. The normalized spacial score (nSPS) is 13.8. The molecule has 2 heterocycles. The molecule has 1 saturated heterocycles. The molecule has 1 fully saturated rings. The maximum absolute atomic E-state index is 11.8. The van der Waals surface area contributed by atoms with Crippen molar-refractivity contribution in [3.63, 3.8) is 0 Å². The average molecular weight is 385 g/mol. The lowest BCUT2D eigenvalue weighted by atomic mass is 10.2. The maximum Gasteiger partial charge on any atom is 0.409 e. The van der Waals surface area contributed by atoms with Gasteiger partial charge in [0.2, 0.25) is 5.95 Å². The minimum absolute atomic E-state index is 0.275. The number of nitrogens with zero attached hydrogens (tertiary/aromatic N) is 4. The number of hydrogen-bond donors (Lipinski definition) is 1. The summed E-state index contributed by atoms with van der Waals surface area (Å²) in [4.78, 5) is 35.9. The van der Waals surface area contributed by atoms with Gasteiger partial charge in [-0.05, 0) is 37.3 Å². The van der Waals surface area contributed by atoms with Gasteiger partial charge in [0, 0.05) is 38.1 Å². The number of esters is 1. The van der Waals surface area contributed by atoms with Gasteiger partial charge >= 0.3 is 12.1 Å². The molecule has 1 amide bonds. The molecule has 1 aromatic carbocycles. The van der Waals surface area contributed by atoms with E-state index in [1.807, 2.05) is 6.07 Å². The van der Waals surface area contributed by atoms with Crippen LogP contribution in [0.15, 0.2) is 36.5 Å². The van der Waals surface area contributed by atoms with Crippen LogP contribution in [-0.4, -0.2) is 66.8 Å². The van der Waals surface area contributed by atoms with Crippen LogP contribution in [0, 0.1) is 0 Å². The molecule has 0 bridgehead atoms. The molecule has 1 aliphatic rings. The van der Waals surface area contributed by atoms with Crippen LogP contribution in [0.4, 0.5) is 22.2 Å². The Balaban J connectivity index is 1.61. The topological polar surface area (TPSA) is 96.9 Å². The summed E-state index contributed by atoms with van der Waals surface area (Å²) in [6.45, 7) is 4.68. The van der Waals surface area contributed by atoms with E-state index in [1.54, 1.807) is 42.3 Å². The lowest BCUT2D eigenvalue weighted by molar-refractivity contribution is 0.0600. The Morgan fingerprint density at radius 3 is 2.46 bits per heavy atom. The molecule has 0 saturated carbocycles. The third kappa shape index (κ3) is 4.67. The first-order valence-electron chi connectivity index (χ1n) is 9.06. The van der Waals surface area contributed by atoms with E-state index in [0.29, 0.717) is 44.3 Å². The molecule has 148 valence electrons. The summed E-state index contributed by atoms with van der Waals surface area (Å²) >= 11 is 0. The average Bonchev–Trinajstić information content (AvgIpc) is 2.74. The lowest BCUT2D eigenvalue weighted by Crippen LogP contribution is -2.49. The number of carbonyl (C=O) groups excluding carboxylic acids is 2. The maximum atomic E-state index is 11.8. The van der Waals surface area contributed by atoms with E-state index >= 15 is 0 Å². The largest absolute Gasteiger partial charge is 0.465 e. The number of ether oxygens (including phenoxy) is 2. The molecule has 1 N–H and O–H groups in total. The fourth-order valence-electron chi connectivity index (χ4n) is 2.85. The van der Waals surface area contributed by atoms with Crippen molar-refractivity contribution in [2.75, 3.05) is 50.1 Å². The minimum Gasteiger partial charge on any atom is -0.465 e. The fraction of sp³-hybridized carbons (Fsp3) is 0.368. The first-order chi connectivity index (χ1) is 13.6. The molecule has 9 heteroatoms. The van der Waals surface area contributed by atoms with E-state index in [2.05, 4.69) is 20.2 Å². The molecular formula is C19H23N5O4. The fourth-order valence-corrected chi connectivity index (χ4v) is 2.85. The summed E-state index contributed by atoms with van der Waals surface area (Å²) in [6, 6.07) is 8.71. The highest BCUT2D eigenvalue weighted by atomic mass is 16.6. The third-order valence-corrected chi connectivity index (χ3v) is 4.33. The van der Waals surface area contributed by atoms with E-state index in [-0.39, 0.29) is 12.1 Å². The summed E-state index contributed by atoms with van der Waals surface area (Å²) in [6.07, 6.45) is 1.41. The van der Waals surface area contributed by atoms with Crippen molar-refractivity contribution in [3.05, 3.63) is 42.1 Å². The SMILES string of the molecule is CCOC(=O)N1CCN(c2ccnc(Nc3ccc(C(=O)OC)cc3)n2)CC1. The van der Waals surface area contributed by atoms with E-state index in [1.165, 1.54) is 7.11 Å². The highest BCUT2D eigenvalue weighted by molar-refractivity contribution is 5.89. The number of piperazine rings is 1. The van der Waals surface area contributed by atoms with E-state index in [9.17, 15) is 9.59 Å². The van der Waals surface area contributed by atoms with Crippen molar-refractivity contribution >= 4 is 29.5 Å². The van der Waals surface area contributed by atoms with Crippen LogP contribution < -0.4 is 10.2 Å². The second kappa shape index (κ2) is 9.03. The first kappa shape index (κ1) is 19.4. The van der Waals surface area contributed by atoms with Crippen LogP contribution in [0.5, 0.6) is 0 Å². The number of methoxy groups -OCH3 is 1. The molecule has 9 nitrogen and oxygen atoms in total. The predicted molar refractivity (Wildman–Crippen MR) is 104 cm³/mol.